The molecule has 1 unspecified atom stereocenters. The molecule has 4 rings (SSSR count). The highest BCUT2D eigenvalue weighted by molar-refractivity contribution is 6.00. The summed E-state index contributed by atoms with van der Waals surface area (Å²) in [5.74, 6) is -0.415. The van der Waals surface area contributed by atoms with Crippen LogP contribution in [0.3, 0.4) is 0 Å². The average Bonchev–Trinajstić information content (AvgIpc) is 3.22. The summed E-state index contributed by atoms with van der Waals surface area (Å²) in [6.07, 6.45) is 1.26. The highest BCUT2D eigenvalue weighted by atomic mass is 16.5. The Hall–Kier alpha value is -4.14. The molecule has 3 N–H and O–H groups in total. The number of aromatic nitrogens is 1. The number of rotatable bonds is 8. The van der Waals surface area contributed by atoms with Crippen LogP contribution in [-0.2, 0) is 22.4 Å². The Kier molecular flexibility index (Phi) is 6.91. The number of nitrogens with zero attached hydrogens (tertiary/aromatic N) is 2. The molecular weight excluding hydrogens is 436 g/mol. The Morgan fingerprint density at radius 2 is 1.88 bits per heavy atom. The van der Waals surface area contributed by atoms with Gasteiger partial charge in [-0.1, -0.05) is 35.5 Å². The number of aliphatic carboxylic acids is 1. The van der Waals surface area contributed by atoms with Crippen LogP contribution < -0.4 is 10.6 Å². The van der Waals surface area contributed by atoms with E-state index < -0.39 is 5.97 Å². The zero-order valence-corrected chi connectivity index (χ0v) is 18.8. The van der Waals surface area contributed by atoms with Crippen molar-refractivity contribution in [2.24, 2.45) is 0 Å². The minimum Gasteiger partial charge on any atom is -0.481 e. The number of carboxylic acids is 1. The maximum Gasteiger partial charge on any atom is 0.323 e. The molecule has 1 aromatic heterocycles. The van der Waals surface area contributed by atoms with E-state index in [-0.39, 0.29) is 37.2 Å². The molecule has 2 heterocycles. The van der Waals surface area contributed by atoms with Crippen LogP contribution in [0.4, 0.5) is 16.2 Å². The lowest BCUT2D eigenvalue weighted by molar-refractivity contribution is -0.139. The summed E-state index contributed by atoms with van der Waals surface area (Å²) >= 11 is 0. The maximum atomic E-state index is 12.8. The van der Waals surface area contributed by atoms with E-state index in [2.05, 4.69) is 15.8 Å². The standard InChI is InChI=1S/C25H26N4O5/c1-16-4-2-3-5-20(16)27-25(33)26-18-8-6-17(7-9-18)14-23(30)29-13-12-22(29)21-15-19(34-28-21)10-11-24(31)32/h2-9,15,22H,10-14H2,1H3,(H,31,32)(H2,26,27,33). The summed E-state index contributed by atoms with van der Waals surface area (Å²) < 4.78 is 5.22. The normalized spacial score (nSPS) is 14.9. The van der Waals surface area contributed by atoms with Crippen molar-refractivity contribution in [1.82, 2.24) is 10.1 Å². The van der Waals surface area contributed by atoms with Gasteiger partial charge in [-0.2, -0.15) is 0 Å². The second-order valence-electron chi connectivity index (χ2n) is 8.27. The Morgan fingerprint density at radius 1 is 1.12 bits per heavy atom. The summed E-state index contributed by atoms with van der Waals surface area (Å²) in [6.45, 7) is 2.56. The summed E-state index contributed by atoms with van der Waals surface area (Å²) in [5, 5.41) is 18.4. The van der Waals surface area contributed by atoms with Crippen molar-refractivity contribution in [3.8, 4) is 0 Å². The molecule has 1 atom stereocenters. The van der Waals surface area contributed by atoms with E-state index in [4.69, 9.17) is 9.63 Å². The van der Waals surface area contributed by atoms with Gasteiger partial charge in [-0.05, 0) is 42.7 Å². The molecule has 2 aromatic carbocycles. The summed E-state index contributed by atoms with van der Waals surface area (Å²) in [6, 6.07) is 15.9. The second-order valence-corrected chi connectivity index (χ2v) is 8.27. The van der Waals surface area contributed by atoms with Crippen LogP contribution in [0.5, 0.6) is 0 Å². The lowest BCUT2D eigenvalue weighted by atomic mass is 9.97. The topological polar surface area (TPSA) is 125 Å². The van der Waals surface area contributed by atoms with Gasteiger partial charge in [0.25, 0.3) is 0 Å². The largest absolute Gasteiger partial charge is 0.481 e. The zero-order chi connectivity index (χ0) is 24.1. The number of carboxylic acid groups (broad SMARTS) is 1. The van der Waals surface area contributed by atoms with Crippen molar-refractivity contribution in [1.29, 1.82) is 0 Å². The van der Waals surface area contributed by atoms with Gasteiger partial charge in [0.1, 0.15) is 11.5 Å². The highest BCUT2D eigenvalue weighted by Gasteiger charge is 2.35. The molecule has 1 aliphatic rings. The number of hydrogen-bond donors (Lipinski definition) is 3. The van der Waals surface area contributed by atoms with Crippen molar-refractivity contribution in [3.05, 3.63) is 77.2 Å². The summed E-state index contributed by atoms with van der Waals surface area (Å²) in [4.78, 5) is 37.5. The molecule has 9 heteroatoms. The summed E-state index contributed by atoms with van der Waals surface area (Å²) in [7, 11) is 0. The fourth-order valence-corrected chi connectivity index (χ4v) is 3.81. The molecule has 0 radical (unpaired) electrons. The first kappa shape index (κ1) is 23.0. The zero-order valence-electron chi connectivity index (χ0n) is 18.8. The predicted molar refractivity (Wildman–Crippen MR) is 125 cm³/mol. The first-order valence-corrected chi connectivity index (χ1v) is 11.1. The number of amides is 3. The van der Waals surface area contributed by atoms with Crippen LogP contribution in [0, 0.1) is 6.92 Å². The summed E-state index contributed by atoms with van der Waals surface area (Å²) in [5.41, 5.74) is 3.83. The first-order valence-electron chi connectivity index (χ1n) is 11.1. The Balaban J connectivity index is 1.29. The minimum atomic E-state index is -0.897. The van der Waals surface area contributed by atoms with E-state index in [1.165, 1.54) is 0 Å². The molecule has 0 saturated carbocycles. The quantitative estimate of drug-likeness (QED) is 0.462. The third kappa shape index (κ3) is 5.61. The van der Waals surface area contributed by atoms with Crippen molar-refractivity contribution >= 4 is 29.3 Å². The van der Waals surface area contributed by atoms with Gasteiger partial charge in [0.15, 0.2) is 0 Å². The predicted octanol–water partition coefficient (Wildman–Crippen LogP) is 4.16. The molecule has 34 heavy (non-hydrogen) atoms. The Bertz CT molecular complexity index is 1190. The van der Waals surface area contributed by atoms with Crippen LogP contribution in [0.15, 0.2) is 59.1 Å². The molecule has 1 aliphatic heterocycles. The van der Waals surface area contributed by atoms with Gasteiger partial charge < -0.3 is 25.2 Å². The van der Waals surface area contributed by atoms with E-state index in [1.54, 1.807) is 23.1 Å². The number of urea groups is 1. The minimum absolute atomic E-state index is 0.0238. The third-order valence-electron chi connectivity index (χ3n) is 5.80. The molecule has 3 aromatic rings. The van der Waals surface area contributed by atoms with Gasteiger partial charge >= 0.3 is 12.0 Å². The van der Waals surface area contributed by atoms with Gasteiger partial charge in [-0.25, -0.2) is 4.79 Å². The van der Waals surface area contributed by atoms with E-state index in [0.717, 1.165) is 23.2 Å². The lowest BCUT2D eigenvalue weighted by Gasteiger charge is -2.39. The number of likely N-dealkylation sites (tertiary alicyclic amines) is 1. The molecular formula is C25H26N4O5. The van der Waals surface area contributed by atoms with Crippen LogP contribution in [0.25, 0.3) is 0 Å². The number of anilines is 2. The Labute approximate surface area is 196 Å². The number of hydrogen-bond acceptors (Lipinski definition) is 5. The van der Waals surface area contributed by atoms with E-state index in [1.807, 2.05) is 43.3 Å². The van der Waals surface area contributed by atoms with Crippen LogP contribution >= 0.6 is 0 Å². The molecule has 1 fully saturated rings. The van der Waals surface area contributed by atoms with Crippen LogP contribution in [0.1, 0.15) is 41.5 Å². The number of carbonyl (C=O) groups excluding carboxylic acids is 2. The molecule has 1 saturated heterocycles. The van der Waals surface area contributed by atoms with Gasteiger partial charge in [0.2, 0.25) is 5.91 Å². The smallest absolute Gasteiger partial charge is 0.323 e. The number of carbonyl (C=O) groups is 3. The van der Waals surface area contributed by atoms with Crippen molar-refractivity contribution in [3.63, 3.8) is 0 Å². The van der Waals surface area contributed by atoms with Gasteiger partial charge in [-0.3, -0.25) is 9.59 Å². The van der Waals surface area contributed by atoms with Crippen molar-refractivity contribution in [2.75, 3.05) is 17.2 Å². The fourth-order valence-electron chi connectivity index (χ4n) is 3.81. The van der Waals surface area contributed by atoms with E-state index in [0.29, 0.717) is 23.7 Å². The average molecular weight is 463 g/mol. The Morgan fingerprint density at radius 3 is 2.56 bits per heavy atom. The fraction of sp³-hybridized carbons (Fsp3) is 0.280. The monoisotopic (exact) mass is 462 g/mol. The van der Waals surface area contributed by atoms with E-state index in [9.17, 15) is 14.4 Å². The molecule has 0 spiro atoms. The number of para-hydroxylation sites is 1. The van der Waals surface area contributed by atoms with Crippen LogP contribution in [-0.4, -0.2) is 39.6 Å². The molecule has 176 valence electrons. The van der Waals surface area contributed by atoms with Gasteiger partial charge in [-0.15, -0.1) is 0 Å². The van der Waals surface area contributed by atoms with Gasteiger partial charge in [0, 0.05) is 30.4 Å². The van der Waals surface area contributed by atoms with Crippen molar-refractivity contribution in [2.45, 2.75) is 38.6 Å². The van der Waals surface area contributed by atoms with Crippen LogP contribution in [0.2, 0.25) is 0 Å². The maximum absolute atomic E-state index is 12.8. The second kappa shape index (κ2) is 10.2. The third-order valence-corrected chi connectivity index (χ3v) is 5.80. The molecule has 3 amide bonds. The number of aryl methyl sites for hydroxylation is 2. The van der Waals surface area contributed by atoms with Crippen molar-refractivity contribution < 1.29 is 24.0 Å². The SMILES string of the molecule is Cc1ccccc1NC(=O)Nc1ccc(CC(=O)N2CCC2c2cc(CCC(=O)O)on2)cc1. The highest BCUT2D eigenvalue weighted by Crippen LogP contribution is 2.33. The molecule has 0 bridgehead atoms. The molecule has 0 aliphatic carbocycles. The van der Waals surface area contributed by atoms with Gasteiger partial charge in [0.05, 0.1) is 18.9 Å². The number of benzene rings is 2. The molecule has 9 nitrogen and oxygen atoms in total. The lowest BCUT2D eigenvalue weighted by Crippen LogP contribution is -2.46. The first-order chi connectivity index (χ1) is 16.4. The number of nitrogens with one attached hydrogen (secondary N) is 2. The van der Waals surface area contributed by atoms with E-state index >= 15 is 0 Å².